The maximum atomic E-state index is 14.2. The van der Waals surface area contributed by atoms with Gasteiger partial charge in [-0.05, 0) is 18.2 Å². The highest BCUT2D eigenvalue weighted by molar-refractivity contribution is 6.99. The van der Waals surface area contributed by atoms with E-state index in [1.165, 1.54) is 11.1 Å². The number of ether oxygens (including phenoxy) is 1. The highest BCUT2D eigenvalue weighted by Gasteiger charge is 2.33. The number of amides is 2. The van der Waals surface area contributed by atoms with Gasteiger partial charge in [-0.1, -0.05) is 11.6 Å². The molecule has 1 aliphatic rings. The van der Waals surface area contributed by atoms with E-state index in [9.17, 15) is 22.4 Å². The van der Waals surface area contributed by atoms with E-state index in [4.69, 9.17) is 22.1 Å². The third-order valence-corrected chi connectivity index (χ3v) is 5.77. The van der Waals surface area contributed by atoms with Gasteiger partial charge in [-0.25, -0.2) is 19.2 Å². The summed E-state index contributed by atoms with van der Waals surface area (Å²) in [7, 11) is 0. The number of carbonyl (C=O) groups is 1. The van der Waals surface area contributed by atoms with Crippen molar-refractivity contribution in [2.45, 2.75) is 12.8 Å². The minimum Gasteiger partial charge on any atom is -0.468 e. The molecular formula is C19H17ClF4N8O2S. The number of nitrogens with zero attached hydrogens (tertiary/aromatic N) is 6. The van der Waals surface area contributed by atoms with Crippen LogP contribution in [0.1, 0.15) is 11.3 Å². The van der Waals surface area contributed by atoms with Gasteiger partial charge in [-0.15, -0.1) is 4.37 Å². The van der Waals surface area contributed by atoms with Crippen molar-refractivity contribution in [3.8, 4) is 5.88 Å². The highest BCUT2D eigenvalue weighted by Crippen LogP contribution is 2.35. The first-order valence-corrected chi connectivity index (χ1v) is 11.1. The second-order valence-corrected chi connectivity index (χ2v) is 8.25. The molecule has 0 unspecified atom stereocenters. The van der Waals surface area contributed by atoms with Crippen molar-refractivity contribution in [2.24, 2.45) is 0 Å². The number of nitrogens with two attached hydrogens (primary N) is 1. The molecular weight excluding hydrogens is 516 g/mol. The number of urea groups is 1. The predicted molar refractivity (Wildman–Crippen MR) is 120 cm³/mol. The first-order valence-electron chi connectivity index (χ1n) is 10.0. The summed E-state index contributed by atoms with van der Waals surface area (Å²) in [5.41, 5.74) is 4.29. The molecule has 3 aromatic rings. The Balaban J connectivity index is 1.36. The Kier molecular flexibility index (Phi) is 7.07. The van der Waals surface area contributed by atoms with E-state index in [0.717, 1.165) is 11.7 Å². The Morgan fingerprint density at radius 1 is 1.23 bits per heavy atom. The average Bonchev–Trinajstić information content (AvgIpc) is 3.28. The van der Waals surface area contributed by atoms with Crippen molar-refractivity contribution < 1.29 is 27.1 Å². The van der Waals surface area contributed by atoms with E-state index in [-0.39, 0.29) is 31.5 Å². The molecule has 1 aliphatic heterocycles. The van der Waals surface area contributed by atoms with Crippen LogP contribution in [0, 0.1) is 5.82 Å². The third-order valence-electron chi connectivity index (χ3n) is 4.99. The minimum absolute atomic E-state index is 0.0959. The Morgan fingerprint density at radius 2 is 1.97 bits per heavy atom. The lowest BCUT2D eigenvalue weighted by atomic mass is 10.2. The maximum Gasteiger partial charge on any atom is 0.416 e. The summed E-state index contributed by atoms with van der Waals surface area (Å²) in [5.74, 6) is -0.268. The molecule has 10 nitrogen and oxygen atoms in total. The smallest absolute Gasteiger partial charge is 0.416 e. The zero-order valence-corrected chi connectivity index (χ0v) is 19.3. The van der Waals surface area contributed by atoms with E-state index >= 15 is 0 Å². The van der Waals surface area contributed by atoms with Gasteiger partial charge in [0.15, 0.2) is 5.82 Å². The molecule has 16 heteroatoms. The van der Waals surface area contributed by atoms with E-state index in [1.807, 2.05) is 4.90 Å². The molecule has 3 N–H and O–H groups in total. The number of carbonyl (C=O) groups excluding carboxylic acids is 1. The molecule has 186 valence electrons. The van der Waals surface area contributed by atoms with Crippen molar-refractivity contribution in [1.29, 1.82) is 0 Å². The van der Waals surface area contributed by atoms with Crippen LogP contribution in [-0.2, 0) is 12.8 Å². The zero-order valence-electron chi connectivity index (χ0n) is 17.7. The number of alkyl halides is 3. The van der Waals surface area contributed by atoms with E-state index < -0.39 is 34.3 Å². The summed E-state index contributed by atoms with van der Waals surface area (Å²) >= 11 is 6.52. The Labute approximate surface area is 205 Å². The lowest BCUT2D eigenvalue weighted by molar-refractivity contribution is -0.137. The summed E-state index contributed by atoms with van der Waals surface area (Å²) in [4.78, 5) is 23.6. The highest BCUT2D eigenvalue weighted by atomic mass is 35.5. The standard InChI is InChI=1S/C19H17ClF4N8O2S/c20-12-7-10(19(22,23)24)8-13(14(12)21)28-18(33)32-5-3-31(4-6-32)15-16(30-35-29-15)34-9-11-1-2-26-17(25)27-11/h1-2,7-8H,3-6,9H2,(H,28,33)(H2,25,26,27). The van der Waals surface area contributed by atoms with Crippen LogP contribution in [0.3, 0.4) is 0 Å². The molecule has 0 spiro atoms. The number of hydrogen-bond acceptors (Lipinski definition) is 9. The summed E-state index contributed by atoms with van der Waals surface area (Å²) in [5, 5.41) is 1.43. The lowest BCUT2D eigenvalue weighted by Gasteiger charge is -2.34. The Morgan fingerprint density at radius 3 is 2.66 bits per heavy atom. The number of benzene rings is 1. The number of hydrogen-bond donors (Lipinski definition) is 2. The van der Waals surface area contributed by atoms with Gasteiger partial charge in [0, 0.05) is 32.4 Å². The molecule has 35 heavy (non-hydrogen) atoms. The molecule has 2 aromatic heterocycles. The van der Waals surface area contributed by atoms with Gasteiger partial charge in [0.25, 0.3) is 5.88 Å². The van der Waals surface area contributed by atoms with Gasteiger partial charge in [-0.3, -0.25) is 0 Å². The Bertz CT molecular complexity index is 1220. The number of anilines is 3. The monoisotopic (exact) mass is 532 g/mol. The van der Waals surface area contributed by atoms with Crippen molar-refractivity contribution in [2.75, 3.05) is 42.1 Å². The van der Waals surface area contributed by atoms with Crippen LogP contribution in [0.25, 0.3) is 0 Å². The minimum atomic E-state index is -4.75. The van der Waals surface area contributed by atoms with Crippen LogP contribution < -0.4 is 20.7 Å². The molecule has 0 saturated carbocycles. The van der Waals surface area contributed by atoms with Gasteiger partial charge in [0.2, 0.25) is 11.8 Å². The zero-order chi connectivity index (χ0) is 25.2. The number of rotatable bonds is 5. The SMILES string of the molecule is Nc1nccc(COc2nsnc2N2CCN(C(=O)Nc3cc(C(F)(F)F)cc(Cl)c3F)CC2)n1. The molecule has 2 amide bonds. The van der Waals surface area contributed by atoms with Crippen molar-refractivity contribution >= 4 is 46.8 Å². The number of halogens is 5. The van der Waals surface area contributed by atoms with Crippen LogP contribution in [-0.4, -0.2) is 55.8 Å². The van der Waals surface area contributed by atoms with Crippen molar-refractivity contribution in [3.05, 3.63) is 46.5 Å². The summed E-state index contributed by atoms with van der Waals surface area (Å²) in [6.45, 7) is 1.15. The topological polar surface area (TPSA) is 122 Å². The molecule has 1 aromatic carbocycles. The summed E-state index contributed by atoms with van der Waals surface area (Å²) in [6, 6.07) is 1.86. The average molecular weight is 533 g/mol. The largest absolute Gasteiger partial charge is 0.468 e. The van der Waals surface area contributed by atoms with Crippen molar-refractivity contribution in [1.82, 2.24) is 23.6 Å². The number of nitrogen functional groups attached to an aromatic ring is 1. The first kappa shape index (κ1) is 24.7. The fourth-order valence-corrected chi connectivity index (χ4v) is 3.99. The van der Waals surface area contributed by atoms with Crippen LogP contribution in [0.5, 0.6) is 5.88 Å². The predicted octanol–water partition coefficient (Wildman–Crippen LogP) is 3.65. The van der Waals surface area contributed by atoms with Crippen LogP contribution >= 0.6 is 23.3 Å². The summed E-state index contributed by atoms with van der Waals surface area (Å²) in [6.07, 6.45) is -3.24. The molecule has 4 rings (SSSR count). The van der Waals surface area contributed by atoms with E-state index in [2.05, 4.69) is 24.0 Å². The second-order valence-electron chi connectivity index (χ2n) is 7.31. The van der Waals surface area contributed by atoms with Gasteiger partial charge in [-0.2, -0.15) is 17.5 Å². The number of nitrogens with one attached hydrogen (secondary N) is 1. The van der Waals surface area contributed by atoms with Gasteiger partial charge >= 0.3 is 12.2 Å². The molecule has 1 fully saturated rings. The van der Waals surface area contributed by atoms with E-state index in [1.54, 1.807) is 6.07 Å². The fourth-order valence-electron chi connectivity index (χ4n) is 3.25. The van der Waals surface area contributed by atoms with Crippen LogP contribution in [0.15, 0.2) is 24.4 Å². The fraction of sp³-hybridized carbons (Fsp3) is 0.316. The molecule has 3 heterocycles. The van der Waals surface area contributed by atoms with Gasteiger partial charge in [0.1, 0.15) is 6.61 Å². The van der Waals surface area contributed by atoms with E-state index in [0.29, 0.717) is 36.7 Å². The first-order chi connectivity index (χ1) is 16.6. The number of piperazine rings is 1. The quantitative estimate of drug-likeness (QED) is 0.477. The lowest BCUT2D eigenvalue weighted by Crippen LogP contribution is -2.50. The molecule has 0 aliphatic carbocycles. The second kappa shape index (κ2) is 10.0. The summed E-state index contributed by atoms with van der Waals surface area (Å²) < 4.78 is 67.3. The van der Waals surface area contributed by atoms with Gasteiger partial charge < -0.3 is 25.6 Å². The molecule has 0 bridgehead atoms. The Hall–Kier alpha value is -3.46. The molecule has 0 radical (unpaired) electrons. The maximum absolute atomic E-state index is 14.2. The third kappa shape index (κ3) is 5.79. The van der Waals surface area contributed by atoms with Crippen molar-refractivity contribution in [3.63, 3.8) is 0 Å². The normalized spacial score (nSPS) is 14.2. The van der Waals surface area contributed by atoms with Crippen LogP contribution in [0.2, 0.25) is 5.02 Å². The van der Waals surface area contributed by atoms with Gasteiger partial charge in [0.05, 0.1) is 33.7 Å². The molecule has 1 saturated heterocycles. The number of aromatic nitrogens is 4. The van der Waals surface area contributed by atoms with Crippen LogP contribution in [0.4, 0.5) is 39.8 Å². The molecule has 0 atom stereocenters.